The molecule has 0 fully saturated rings. The van der Waals surface area contributed by atoms with Crippen molar-refractivity contribution in [2.24, 2.45) is 0 Å². The minimum Gasteiger partial charge on any atom is -0.467 e. The summed E-state index contributed by atoms with van der Waals surface area (Å²) >= 11 is 0. The zero-order chi connectivity index (χ0) is 14.7. The van der Waals surface area contributed by atoms with E-state index in [9.17, 15) is 4.39 Å². The lowest BCUT2D eigenvalue weighted by molar-refractivity contribution is 0.0506. The van der Waals surface area contributed by atoms with Gasteiger partial charge in [-0.15, -0.1) is 0 Å². The molecule has 0 radical (unpaired) electrons. The molecule has 1 aromatic carbocycles. The molecule has 0 aliphatic carbocycles. The quantitative estimate of drug-likeness (QED) is 0.784. The molecule has 0 unspecified atom stereocenters. The zero-order valence-electron chi connectivity index (χ0n) is 11.9. The van der Waals surface area contributed by atoms with Crippen molar-refractivity contribution in [2.75, 3.05) is 21.0 Å². The van der Waals surface area contributed by atoms with Gasteiger partial charge < -0.3 is 14.4 Å². The van der Waals surface area contributed by atoms with Crippen molar-refractivity contribution in [1.29, 1.82) is 0 Å². The van der Waals surface area contributed by atoms with Crippen LogP contribution >= 0.6 is 0 Å². The smallest absolute Gasteiger partial charge is 0.188 e. The van der Waals surface area contributed by atoms with Crippen LogP contribution < -0.4 is 4.74 Å². The van der Waals surface area contributed by atoms with Gasteiger partial charge in [0.05, 0.1) is 11.3 Å². The summed E-state index contributed by atoms with van der Waals surface area (Å²) in [4.78, 5) is 1.85. The molecule has 0 amide bonds. The summed E-state index contributed by atoms with van der Waals surface area (Å²) in [6.45, 7) is 6.04. The van der Waals surface area contributed by atoms with Crippen LogP contribution in [0.15, 0.2) is 48.2 Å². The van der Waals surface area contributed by atoms with Gasteiger partial charge in [0.1, 0.15) is 11.6 Å². The van der Waals surface area contributed by atoms with E-state index in [0.29, 0.717) is 17.0 Å². The van der Waals surface area contributed by atoms with E-state index in [1.54, 1.807) is 12.1 Å². The van der Waals surface area contributed by atoms with Crippen molar-refractivity contribution in [2.45, 2.75) is 6.92 Å². The van der Waals surface area contributed by atoms with Crippen LogP contribution in [0.25, 0.3) is 5.70 Å². The lowest BCUT2D eigenvalue weighted by Gasteiger charge is -2.29. The van der Waals surface area contributed by atoms with Gasteiger partial charge in [-0.3, -0.25) is 0 Å². The van der Waals surface area contributed by atoms with Crippen LogP contribution in [0.3, 0.4) is 0 Å². The monoisotopic (exact) mass is 275 g/mol. The van der Waals surface area contributed by atoms with E-state index in [1.165, 1.54) is 13.2 Å². The molecular weight excluding hydrogens is 257 g/mol. The standard InChI is InChI=1S/C16H18FNO2/c1-11-8-9-14(18(3)12(11)2)16-13(17)6-5-7-15(16)20-10-19-4/h5-9H,2,10H2,1,3-4H3. The fourth-order valence-corrected chi connectivity index (χ4v) is 2.07. The van der Waals surface area contributed by atoms with Crippen LogP contribution in [0.1, 0.15) is 12.5 Å². The van der Waals surface area contributed by atoms with E-state index in [4.69, 9.17) is 9.47 Å². The van der Waals surface area contributed by atoms with Gasteiger partial charge in [-0.25, -0.2) is 4.39 Å². The minimum absolute atomic E-state index is 0.0727. The first-order valence-corrected chi connectivity index (χ1v) is 6.28. The van der Waals surface area contributed by atoms with Crippen LogP contribution in [0.5, 0.6) is 5.75 Å². The molecule has 2 rings (SSSR count). The Morgan fingerprint density at radius 3 is 2.75 bits per heavy atom. The molecule has 1 aliphatic heterocycles. The molecule has 3 nitrogen and oxygen atoms in total. The van der Waals surface area contributed by atoms with Gasteiger partial charge in [0, 0.05) is 19.9 Å². The molecule has 1 heterocycles. The fraction of sp³-hybridized carbons (Fsp3) is 0.250. The summed E-state index contributed by atoms with van der Waals surface area (Å²) in [6.07, 6.45) is 3.78. The third-order valence-electron chi connectivity index (χ3n) is 3.28. The summed E-state index contributed by atoms with van der Waals surface area (Å²) in [5.74, 6) is 0.114. The Kier molecular flexibility index (Phi) is 4.25. The molecule has 1 aromatic rings. The first kappa shape index (κ1) is 14.3. The van der Waals surface area contributed by atoms with Gasteiger partial charge in [-0.1, -0.05) is 18.7 Å². The van der Waals surface area contributed by atoms with Crippen LogP contribution in [-0.2, 0) is 4.74 Å². The number of rotatable bonds is 4. The molecule has 20 heavy (non-hydrogen) atoms. The van der Waals surface area contributed by atoms with Crippen molar-refractivity contribution in [1.82, 2.24) is 4.90 Å². The number of hydrogen-bond donors (Lipinski definition) is 0. The highest BCUT2D eigenvalue weighted by Gasteiger charge is 2.21. The fourth-order valence-electron chi connectivity index (χ4n) is 2.07. The molecule has 106 valence electrons. The topological polar surface area (TPSA) is 21.7 Å². The van der Waals surface area contributed by atoms with Crippen molar-refractivity contribution in [3.63, 3.8) is 0 Å². The molecule has 0 bridgehead atoms. The van der Waals surface area contributed by atoms with Crippen LogP contribution in [0.2, 0.25) is 0 Å². The van der Waals surface area contributed by atoms with E-state index in [1.807, 2.05) is 31.0 Å². The maximum atomic E-state index is 14.2. The first-order valence-electron chi connectivity index (χ1n) is 6.28. The normalized spacial score (nSPS) is 15.0. The highest BCUT2D eigenvalue weighted by Crippen LogP contribution is 2.35. The van der Waals surface area contributed by atoms with Crippen LogP contribution in [0.4, 0.5) is 4.39 Å². The SMILES string of the molecule is C=C1C(C)=CC=C(c2c(F)cccc2OCOC)N1C. The first-order chi connectivity index (χ1) is 9.56. The average molecular weight is 275 g/mol. The number of benzene rings is 1. The molecule has 0 N–H and O–H groups in total. The molecule has 0 saturated carbocycles. The molecule has 0 saturated heterocycles. The second-order valence-corrected chi connectivity index (χ2v) is 4.57. The van der Waals surface area contributed by atoms with Crippen molar-refractivity contribution in [3.05, 3.63) is 59.6 Å². The van der Waals surface area contributed by atoms with Crippen LogP contribution in [-0.4, -0.2) is 25.9 Å². The minimum atomic E-state index is -0.336. The number of likely N-dealkylation sites (N-methyl/N-ethyl adjacent to an activating group) is 1. The summed E-state index contributed by atoms with van der Waals surface area (Å²) in [5.41, 5.74) is 3.01. The summed E-state index contributed by atoms with van der Waals surface area (Å²) < 4.78 is 24.6. The Hall–Kier alpha value is -2.07. The van der Waals surface area contributed by atoms with Gasteiger partial charge in [-0.05, 0) is 30.7 Å². The Balaban J connectivity index is 2.49. The zero-order valence-corrected chi connectivity index (χ0v) is 11.9. The third kappa shape index (κ3) is 2.60. The Morgan fingerprint density at radius 1 is 1.30 bits per heavy atom. The van der Waals surface area contributed by atoms with Crippen LogP contribution in [0, 0.1) is 5.82 Å². The van der Waals surface area contributed by atoms with E-state index >= 15 is 0 Å². The Morgan fingerprint density at radius 2 is 2.05 bits per heavy atom. The molecule has 1 aliphatic rings. The predicted molar refractivity (Wildman–Crippen MR) is 77.5 cm³/mol. The highest BCUT2D eigenvalue weighted by molar-refractivity contribution is 5.74. The predicted octanol–water partition coefficient (Wildman–Crippen LogP) is 3.55. The van der Waals surface area contributed by atoms with Crippen molar-refractivity contribution >= 4 is 5.70 Å². The summed E-state index contributed by atoms with van der Waals surface area (Å²) in [7, 11) is 3.39. The maximum absolute atomic E-state index is 14.2. The van der Waals surface area contributed by atoms with Gasteiger partial charge in [0.2, 0.25) is 0 Å². The summed E-state index contributed by atoms with van der Waals surface area (Å²) in [5, 5.41) is 0. The van der Waals surface area contributed by atoms with E-state index in [2.05, 4.69) is 6.58 Å². The number of methoxy groups -OCH3 is 1. The third-order valence-corrected chi connectivity index (χ3v) is 3.28. The number of allylic oxidation sites excluding steroid dienone is 3. The van der Waals surface area contributed by atoms with E-state index < -0.39 is 0 Å². The van der Waals surface area contributed by atoms with Gasteiger partial charge in [-0.2, -0.15) is 0 Å². The second kappa shape index (κ2) is 5.92. The Bertz CT molecular complexity index is 590. The maximum Gasteiger partial charge on any atom is 0.188 e. The molecule has 0 atom stereocenters. The van der Waals surface area contributed by atoms with Crippen molar-refractivity contribution < 1.29 is 13.9 Å². The second-order valence-electron chi connectivity index (χ2n) is 4.57. The Labute approximate surface area is 118 Å². The number of nitrogens with zero attached hydrogens (tertiary/aromatic N) is 1. The molecule has 0 spiro atoms. The van der Waals surface area contributed by atoms with Gasteiger partial charge >= 0.3 is 0 Å². The number of hydrogen-bond acceptors (Lipinski definition) is 3. The van der Waals surface area contributed by atoms with Crippen molar-refractivity contribution in [3.8, 4) is 5.75 Å². The molecular formula is C16H18FNO2. The average Bonchev–Trinajstić information content (AvgIpc) is 2.44. The summed E-state index contributed by atoms with van der Waals surface area (Å²) in [6, 6.07) is 4.75. The number of ether oxygens (including phenoxy) is 2. The van der Waals surface area contributed by atoms with Gasteiger partial charge in [0.25, 0.3) is 0 Å². The largest absolute Gasteiger partial charge is 0.467 e. The van der Waals surface area contributed by atoms with Gasteiger partial charge in [0.15, 0.2) is 6.79 Å². The highest BCUT2D eigenvalue weighted by atomic mass is 19.1. The lowest BCUT2D eigenvalue weighted by Crippen LogP contribution is -2.20. The van der Waals surface area contributed by atoms with E-state index in [0.717, 1.165) is 11.3 Å². The van der Waals surface area contributed by atoms with E-state index in [-0.39, 0.29) is 12.6 Å². The number of halogens is 1. The molecule has 4 heteroatoms. The lowest BCUT2D eigenvalue weighted by atomic mass is 10.0. The molecule has 0 aromatic heterocycles.